The fourth-order valence-electron chi connectivity index (χ4n) is 1.12. The summed E-state index contributed by atoms with van der Waals surface area (Å²) in [5.74, 6) is 0.318. The van der Waals surface area contributed by atoms with Crippen molar-refractivity contribution in [3.05, 3.63) is 11.5 Å². The van der Waals surface area contributed by atoms with Crippen molar-refractivity contribution in [1.82, 2.24) is 9.88 Å². The summed E-state index contributed by atoms with van der Waals surface area (Å²) in [5, 5.41) is 3.57. The van der Waals surface area contributed by atoms with E-state index in [0.29, 0.717) is 18.0 Å². The van der Waals surface area contributed by atoms with Gasteiger partial charge in [-0.15, -0.1) is 0 Å². The van der Waals surface area contributed by atoms with Crippen LogP contribution >= 0.6 is 0 Å². The molecule has 1 aromatic heterocycles. The van der Waals surface area contributed by atoms with E-state index in [4.69, 9.17) is 4.52 Å². The Bertz CT molecular complexity index is 374. The predicted octanol–water partition coefficient (Wildman–Crippen LogP) is 0.590. The van der Waals surface area contributed by atoms with E-state index < -0.39 is 10.0 Å². The van der Waals surface area contributed by atoms with Crippen LogP contribution in [0, 0.1) is 13.8 Å². The van der Waals surface area contributed by atoms with Crippen LogP contribution in [-0.2, 0) is 10.0 Å². The van der Waals surface area contributed by atoms with Crippen molar-refractivity contribution < 1.29 is 12.9 Å². The van der Waals surface area contributed by atoms with E-state index in [1.165, 1.54) is 0 Å². The minimum absolute atomic E-state index is 0.148. The molecule has 1 heterocycles. The summed E-state index contributed by atoms with van der Waals surface area (Å²) in [4.78, 5) is 0.148. The second-order valence-corrected chi connectivity index (χ2v) is 4.36. The number of hydrogen-bond donors (Lipinski definition) is 1. The van der Waals surface area contributed by atoms with Crippen molar-refractivity contribution >= 4 is 10.0 Å². The first kappa shape index (κ1) is 10.2. The third-order valence-electron chi connectivity index (χ3n) is 1.57. The van der Waals surface area contributed by atoms with Crippen molar-refractivity contribution in [3.63, 3.8) is 0 Å². The Morgan fingerprint density at radius 3 is 2.46 bits per heavy atom. The predicted molar refractivity (Wildman–Crippen MR) is 46.8 cm³/mol. The molecule has 0 aliphatic heterocycles. The molecule has 0 aliphatic carbocycles. The van der Waals surface area contributed by atoms with E-state index >= 15 is 0 Å². The minimum atomic E-state index is -3.43. The number of sulfonamides is 1. The molecule has 0 radical (unpaired) electrons. The molecule has 0 saturated carbocycles. The molecule has 0 bridgehead atoms. The van der Waals surface area contributed by atoms with Crippen molar-refractivity contribution in [3.8, 4) is 0 Å². The Balaban J connectivity index is 3.21. The molecule has 0 fully saturated rings. The molecule has 0 unspecified atom stereocenters. The van der Waals surface area contributed by atoms with E-state index in [2.05, 4.69) is 9.88 Å². The average molecular weight is 204 g/mol. The summed E-state index contributed by atoms with van der Waals surface area (Å²) < 4.78 is 30.2. The van der Waals surface area contributed by atoms with Gasteiger partial charge >= 0.3 is 0 Å². The molecule has 0 aromatic carbocycles. The Morgan fingerprint density at radius 1 is 1.46 bits per heavy atom. The molecule has 0 spiro atoms. The molecule has 0 aliphatic rings. The van der Waals surface area contributed by atoms with Gasteiger partial charge in [-0.25, -0.2) is 13.1 Å². The summed E-state index contributed by atoms with van der Waals surface area (Å²) in [5.41, 5.74) is 0.387. The highest BCUT2D eigenvalue weighted by Gasteiger charge is 2.22. The highest BCUT2D eigenvalue weighted by Crippen LogP contribution is 2.17. The number of hydrogen-bond acceptors (Lipinski definition) is 4. The van der Waals surface area contributed by atoms with Gasteiger partial charge in [0.05, 0.1) is 0 Å². The van der Waals surface area contributed by atoms with E-state index in [1.807, 2.05) is 0 Å². The monoisotopic (exact) mass is 204 g/mol. The number of nitrogens with one attached hydrogen (secondary N) is 1. The maximum absolute atomic E-state index is 11.5. The molecule has 74 valence electrons. The molecular weight excluding hydrogens is 192 g/mol. The van der Waals surface area contributed by atoms with Crippen LogP contribution in [0.2, 0.25) is 0 Å². The van der Waals surface area contributed by atoms with Gasteiger partial charge in [0, 0.05) is 6.54 Å². The standard InChI is InChI=1S/C7H12N2O3S/c1-4-8-13(10,11)7-5(2)9-12-6(7)3/h8H,4H2,1-3H3. The summed E-state index contributed by atoms with van der Waals surface area (Å²) in [6, 6.07) is 0. The molecule has 13 heavy (non-hydrogen) atoms. The first-order chi connectivity index (χ1) is 5.99. The van der Waals surface area contributed by atoms with Gasteiger partial charge in [-0.05, 0) is 13.8 Å². The Hall–Kier alpha value is -0.880. The highest BCUT2D eigenvalue weighted by atomic mass is 32.2. The van der Waals surface area contributed by atoms with Gasteiger partial charge in [0.25, 0.3) is 0 Å². The van der Waals surface area contributed by atoms with Crippen LogP contribution in [0.3, 0.4) is 0 Å². The third kappa shape index (κ3) is 1.89. The molecule has 1 rings (SSSR count). The fraction of sp³-hybridized carbons (Fsp3) is 0.571. The SMILES string of the molecule is CCNS(=O)(=O)c1c(C)noc1C. The van der Waals surface area contributed by atoms with Gasteiger partial charge in [0.2, 0.25) is 10.0 Å². The summed E-state index contributed by atoms with van der Waals surface area (Å²) in [6.07, 6.45) is 0. The largest absolute Gasteiger partial charge is 0.360 e. The first-order valence-electron chi connectivity index (χ1n) is 3.91. The normalized spacial score (nSPS) is 11.9. The van der Waals surface area contributed by atoms with E-state index in [9.17, 15) is 8.42 Å². The summed E-state index contributed by atoms with van der Waals surface area (Å²) in [6.45, 7) is 5.24. The zero-order chi connectivity index (χ0) is 10.1. The lowest BCUT2D eigenvalue weighted by Crippen LogP contribution is -2.24. The highest BCUT2D eigenvalue weighted by molar-refractivity contribution is 7.89. The zero-order valence-electron chi connectivity index (χ0n) is 7.79. The number of aryl methyl sites for hydroxylation is 2. The molecule has 1 aromatic rings. The van der Waals surface area contributed by atoms with Crippen LogP contribution in [-0.4, -0.2) is 20.1 Å². The van der Waals surface area contributed by atoms with Crippen LogP contribution < -0.4 is 4.72 Å². The molecule has 6 heteroatoms. The molecule has 0 atom stereocenters. The summed E-state index contributed by atoms with van der Waals surface area (Å²) >= 11 is 0. The van der Waals surface area contributed by atoms with Crippen LogP contribution in [0.1, 0.15) is 18.4 Å². The average Bonchev–Trinajstić information content (AvgIpc) is 2.31. The maximum Gasteiger partial charge on any atom is 0.245 e. The second kappa shape index (κ2) is 3.47. The molecule has 5 nitrogen and oxygen atoms in total. The van der Waals surface area contributed by atoms with Gasteiger partial charge in [-0.3, -0.25) is 0 Å². The topological polar surface area (TPSA) is 72.2 Å². The Morgan fingerprint density at radius 2 is 2.08 bits per heavy atom. The van der Waals surface area contributed by atoms with Gasteiger partial charge < -0.3 is 4.52 Å². The number of nitrogens with zero attached hydrogens (tertiary/aromatic N) is 1. The molecular formula is C7H12N2O3S. The van der Waals surface area contributed by atoms with Crippen molar-refractivity contribution in [2.75, 3.05) is 6.54 Å². The number of aromatic nitrogens is 1. The smallest absolute Gasteiger partial charge is 0.245 e. The van der Waals surface area contributed by atoms with Crippen molar-refractivity contribution in [2.24, 2.45) is 0 Å². The quantitative estimate of drug-likeness (QED) is 0.782. The zero-order valence-corrected chi connectivity index (χ0v) is 8.60. The fourth-order valence-corrected chi connectivity index (χ4v) is 2.49. The van der Waals surface area contributed by atoms with Gasteiger partial charge in [-0.2, -0.15) is 0 Å². The molecule has 1 N–H and O–H groups in total. The Labute approximate surface area is 77.2 Å². The second-order valence-electron chi connectivity index (χ2n) is 2.65. The Kier molecular flexibility index (Phi) is 2.72. The van der Waals surface area contributed by atoms with E-state index in [1.54, 1.807) is 20.8 Å². The molecule has 0 saturated heterocycles. The van der Waals surface area contributed by atoms with Gasteiger partial charge in [-0.1, -0.05) is 12.1 Å². The minimum Gasteiger partial charge on any atom is -0.360 e. The lowest BCUT2D eigenvalue weighted by atomic mass is 10.4. The first-order valence-corrected chi connectivity index (χ1v) is 5.40. The third-order valence-corrected chi connectivity index (χ3v) is 3.36. The van der Waals surface area contributed by atoms with Crippen molar-refractivity contribution in [2.45, 2.75) is 25.7 Å². The van der Waals surface area contributed by atoms with Gasteiger partial charge in [0.1, 0.15) is 10.6 Å². The maximum atomic E-state index is 11.5. The lowest BCUT2D eigenvalue weighted by molar-refractivity contribution is 0.390. The van der Waals surface area contributed by atoms with Crippen molar-refractivity contribution in [1.29, 1.82) is 0 Å². The lowest BCUT2D eigenvalue weighted by Gasteiger charge is -2.01. The van der Waals surface area contributed by atoms with E-state index in [-0.39, 0.29) is 4.90 Å². The summed E-state index contributed by atoms with van der Waals surface area (Å²) in [7, 11) is -3.43. The van der Waals surface area contributed by atoms with Crippen LogP contribution in [0.15, 0.2) is 9.42 Å². The van der Waals surface area contributed by atoms with Crippen LogP contribution in [0.4, 0.5) is 0 Å². The van der Waals surface area contributed by atoms with E-state index in [0.717, 1.165) is 0 Å². The van der Waals surface area contributed by atoms with Crippen LogP contribution in [0.5, 0.6) is 0 Å². The van der Waals surface area contributed by atoms with Crippen LogP contribution in [0.25, 0.3) is 0 Å². The number of rotatable bonds is 3. The van der Waals surface area contributed by atoms with Gasteiger partial charge in [0.15, 0.2) is 5.76 Å². The molecule has 0 amide bonds.